The maximum atomic E-state index is 10.4. The van der Waals surface area contributed by atoms with Crippen LogP contribution in [0.25, 0.3) is 0 Å². The molecule has 6 heteroatoms. The molecule has 0 radical (unpaired) electrons. The van der Waals surface area contributed by atoms with E-state index in [1.54, 1.807) is 0 Å². The number of aliphatic hydroxyl groups excluding tert-OH is 2. The standard InChI is InChI=1S/C15H30O6/c1-4-7-18-10-11-13(19-8-5-2)12(16)14(15(17)21-11)20-9-6-3/h11-17H,4-10H2,1-3H3/t11-,12+,13-,14-,15?/m1/s1. The van der Waals surface area contributed by atoms with Crippen molar-refractivity contribution in [2.24, 2.45) is 0 Å². The van der Waals surface area contributed by atoms with Crippen LogP contribution in [0.5, 0.6) is 0 Å². The van der Waals surface area contributed by atoms with Crippen molar-refractivity contribution in [1.82, 2.24) is 0 Å². The van der Waals surface area contributed by atoms with Gasteiger partial charge in [0.15, 0.2) is 6.29 Å². The molecule has 0 aromatic carbocycles. The van der Waals surface area contributed by atoms with Crippen LogP contribution < -0.4 is 0 Å². The third kappa shape index (κ3) is 5.81. The van der Waals surface area contributed by atoms with Gasteiger partial charge in [-0.15, -0.1) is 0 Å². The normalized spacial score (nSPS) is 33.3. The Morgan fingerprint density at radius 1 is 0.857 bits per heavy atom. The Labute approximate surface area is 127 Å². The Balaban J connectivity index is 2.65. The quantitative estimate of drug-likeness (QED) is 0.588. The van der Waals surface area contributed by atoms with Crippen molar-refractivity contribution in [2.75, 3.05) is 26.4 Å². The summed E-state index contributed by atoms with van der Waals surface area (Å²) in [6.45, 7) is 7.86. The summed E-state index contributed by atoms with van der Waals surface area (Å²) >= 11 is 0. The van der Waals surface area contributed by atoms with Gasteiger partial charge in [0.2, 0.25) is 0 Å². The molecule has 1 aliphatic rings. The van der Waals surface area contributed by atoms with Gasteiger partial charge >= 0.3 is 0 Å². The summed E-state index contributed by atoms with van der Waals surface area (Å²) in [5.74, 6) is 0. The maximum absolute atomic E-state index is 10.4. The van der Waals surface area contributed by atoms with Crippen molar-refractivity contribution in [3.05, 3.63) is 0 Å². The van der Waals surface area contributed by atoms with Gasteiger partial charge in [0.05, 0.1) is 6.61 Å². The van der Waals surface area contributed by atoms with Crippen LogP contribution in [0.3, 0.4) is 0 Å². The zero-order valence-corrected chi connectivity index (χ0v) is 13.4. The van der Waals surface area contributed by atoms with E-state index in [2.05, 4.69) is 0 Å². The van der Waals surface area contributed by atoms with E-state index in [4.69, 9.17) is 18.9 Å². The summed E-state index contributed by atoms with van der Waals surface area (Å²) in [6.07, 6.45) is -1.37. The van der Waals surface area contributed by atoms with Gasteiger partial charge in [-0.1, -0.05) is 20.8 Å². The third-order valence-electron chi connectivity index (χ3n) is 3.29. The van der Waals surface area contributed by atoms with E-state index in [9.17, 15) is 10.2 Å². The van der Waals surface area contributed by atoms with Gasteiger partial charge in [0, 0.05) is 19.8 Å². The van der Waals surface area contributed by atoms with Crippen LogP contribution in [-0.2, 0) is 18.9 Å². The monoisotopic (exact) mass is 306 g/mol. The molecule has 1 unspecified atom stereocenters. The molecule has 1 rings (SSSR count). The molecule has 0 amide bonds. The van der Waals surface area contributed by atoms with Crippen molar-refractivity contribution in [2.45, 2.75) is 70.7 Å². The second kappa shape index (κ2) is 10.5. The Hall–Kier alpha value is -0.240. The lowest BCUT2D eigenvalue weighted by Crippen LogP contribution is -2.60. The first kappa shape index (κ1) is 18.8. The molecular weight excluding hydrogens is 276 g/mol. The lowest BCUT2D eigenvalue weighted by molar-refractivity contribution is -0.304. The minimum absolute atomic E-state index is 0.289. The van der Waals surface area contributed by atoms with Crippen LogP contribution in [0.2, 0.25) is 0 Å². The van der Waals surface area contributed by atoms with Gasteiger partial charge in [-0.05, 0) is 19.3 Å². The Morgan fingerprint density at radius 2 is 1.43 bits per heavy atom. The number of rotatable bonds is 10. The first-order valence-corrected chi connectivity index (χ1v) is 7.98. The molecule has 5 atom stereocenters. The Bertz CT molecular complexity index is 261. The summed E-state index contributed by atoms with van der Waals surface area (Å²) < 4.78 is 22.2. The number of hydrogen-bond donors (Lipinski definition) is 2. The highest BCUT2D eigenvalue weighted by molar-refractivity contribution is 4.91. The fraction of sp³-hybridized carbons (Fsp3) is 1.00. The SMILES string of the molecule is CCCOC[C@H]1OC(O)[C@H](OCCC)[C@@H](O)[C@@H]1OCCC. The molecule has 0 spiro atoms. The van der Waals surface area contributed by atoms with Crippen molar-refractivity contribution < 1.29 is 29.2 Å². The molecule has 0 bridgehead atoms. The summed E-state index contributed by atoms with van der Waals surface area (Å²) in [6, 6.07) is 0. The van der Waals surface area contributed by atoms with E-state index in [0.717, 1.165) is 19.3 Å². The number of ether oxygens (including phenoxy) is 4. The molecule has 0 aliphatic carbocycles. The highest BCUT2D eigenvalue weighted by Gasteiger charge is 2.46. The molecule has 0 aromatic heterocycles. The molecule has 1 saturated heterocycles. The molecule has 2 N–H and O–H groups in total. The zero-order chi connectivity index (χ0) is 15.7. The van der Waals surface area contributed by atoms with Gasteiger partial charge in [-0.3, -0.25) is 0 Å². The van der Waals surface area contributed by atoms with Crippen molar-refractivity contribution in [1.29, 1.82) is 0 Å². The lowest BCUT2D eigenvalue weighted by Gasteiger charge is -2.42. The minimum Gasteiger partial charge on any atom is -0.387 e. The molecule has 0 aromatic rings. The lowest BCUT2D eigenvalue weighted by atomic mass is 9.98. The second-order valence-electron chi connectivity index (χ2n) is 5.30. The molecule has 0 saturated carbocycles. The number of hydrogen-bond acceptors (Lipinski definition) is 6. The predicted octanol–water partition coefficient (Wildman–Crippen LogP) is 1.08. The van der Waals surface area contributed by atoms with E-state index in [1.165, 1.54) is 0 Å². The fourth-order valence-electron chi connectivity index (χ4n) is 2.28. The van der Waals surface area contributed by atoms with E-state index >= 15 is 0 Å². The first-order chi connectivity index (χ1) is 10.2. The predicted molar refractivity (Wildman–Crippen MR) is 78.1 cm³/mol. The molecule has 1 fully saturated rings. The number of aliphatic hydroxyl groups is 2. The smallest absolute Gasteiger partial charge is 0.184 e. The van der Waals surface area contributed by atoms with Crippen LogP contribution in [0, 0.1) is 0 Å². The van der Waals surface area contributed by atoms with Crippen LogP contribution in [0.4, 0.5) is 0 Å². The summed E-state index contributed by atoms with van der Waals surface area (Å²) in [7, 11) is 0. The molecule has 1 aliphatic heterocycles. The summed E-state index contributed by atoms with van der Waals surface area (Å²) in [5, 5.41) is 20.5. The summed E-state index contributed by atoms with van der Waals surface area (Å²) in [4.78, 5) is 0. The van der Waals surface area contributed by atoms with E-state index in [-0.39, 0.29) is 6.61 Å². The largest absolute Gasteiger partial charge is 0.387 e. The van der Waals surface area contributed by atoms with Gasteiger partial charge < -0.3 is 29.2 Å². The maximum Gasteiger partial charge on any atom is 0.184 e. The Kier molecular flexibility index (Phi) is 9.39. The van der Waals surface area contributed by atoms with Gasteiger partial charge in [0.1, 0.15) is 24.4 Å². The van der Waals surface area contributed by atoms with Crippen LogP contribution in [-0.4, -0.2) is 67.3 Å². The Morgan fingerprint density at radius 3 is 2.00 bits per heavy atom. The minimum atomic E-state index is -1.16. The molecular formula is C15H30O6. The average Bonchev–Trinajstić information content (AvgIpc) is 2.47. The van der Waals surface area contributed by atoms with Crippen molar-refractivity contribution in [3.63, 3.8) is 0 Å². The van der Waals surface area contributed by atoms with E-state index in [0.29, 0.717) is 19.8 Å². The fourth-order valence-corrected chi connectivity index (χ4v) is 2.28. The highest BCUT2D eigenvalue weighted by atomic mass is 16.7. The van der Waals surface area contributed by atoms with Crippen LogP contribution in [0.1, 0.15) is 40.0 Å². The zero-order valence-electron chi connectivity index (χ0n) is 13.4. The molecule has 126 valence electrons. The van der Waals surface area contributed by atoms with Gasteiger partial charge in [0.25, 0.3) is 0 Å². The third-order valence-corrected chi connectivity index (χ3v) is 3.29. The van der Waals surface area contributed by atoms with Crippen LogP contribution >= 0.6 is 0 Å². The first-order valence-electron chi connectivity index (χ1n) is 7.98. The van der Waals surface area contributed by atoms with Crippen LogP contribution in [0.15, 0.2) is 0 Å². The molecule has 1 heterocycles. The van der Waals surface area contributed by atoms with E-state index in [1.807, 2.05) is 20.8 Å². The topological polar surface area (TPSA) is 77.4 Å². The van der Waals surface area contributed by atoms with Crippen molar-refractivity contribution in [3.8, 4) is 0 Å². The second-order valence-corrected chi connectivity index (χ2v) is 5.30. The van der Waals surface area contributed by atoms with Crippen molar-refractivity contribution >= 4 is 0 Å². The summed E-state index contributed by atoms with van der Waals surface area (Å²) in [5.41, 5.74) is 0. The van der Waals surface area contributed by atoms with Gasteiger partial charge in [-0.2, -0.15) is 0 Å². The van der Waals surface area contributed by atoms with E-state index < -0.39 is 30.7 Å². The average molecular weight is 306 g/mol. The highest BCUT2D eigenvalue weighted by Crippen LogP contribution is 2.25. The van der Waals surface area contributed by atoms with Gasteiger partial charge in [-0.25, -0.2) is 0 Å². The molecule has 6 nitrogen and oxygen atoms in total. The molecule has 21 heavy (non-hydrogen) atoms.